The molecule has 0 fully saturated rings. The molecule has 0 aromatic carbocycles. The van der Waals surface area contributed by atoms with E-state index >= 15 is 0 Å². The Hall–Kier alpha value is 0.260. The summed E-state index contributed by atoms with van der Waals surface area (Å²) < 4.78 is 6.07. The monoisotopic (exact) mass is 303 g/mol. The summed E-state index contributed by atoms with van der Waals surface area (Å²) >= 11 is 1.68. The molecular weight excluding hydrogens is 280 g/mol. The predicted octanol–water partition coefficient (Wildman–Crippen LogP) is 2.18. The Morgan fingerprint density at radius 3 is 2.62 bits per heavy atom. The maximum absolute atomic E-state index is 11.5. The summed E-state index contributed by atoms with van der Waals surface area (Å²) in [6.45, 7) is 6.63. The summed E-state index contributed by atoms with van der Waals surface area (Å²) in [6, 6.07) is 0. The van der Waals surface area contributed by atoms with Gasteiger partial charge < -0.3 is 0 Å². The molecule has 2 nitrogen and oxygen atoms in total. The first kappa shape index (κ1) is 13.3. The molecule has 0 aliphatic rings. The van der Waals surface area contributed by atoms with Crippen LogP contribution in [-0.2, 0) is 9.53 Å². The molecule has 0 radical (unpaired) electrons. The van der Waals surface area contributed by atoms with E-state index in [0.717, 1.165) is 23.7 Å². The quantitative estimate of drug-likeness (QED) is 0.555. The van der Waals surface area contributed by atoms with E-state index in [0.29, 0.717) is 6.61 Å². The average molecular weight is 301 g/mol. The van der Waals surface area contributed by atoms with Crippen molar-refractivity contribution in [3.8, 4) is 0 Å². The molecule has 78 valence electrons. The zero-order valence-electron chi connectivity index (χ0n) is 9.80. The molecule has 0 heterocycles. The van der Waals surface area contributed by atoms with Crippen molar-refractivity contribution in [3.05, 3.63) is 0 Å². The van der Waals surface area contributed by atoms with Gasteiger partial charge in [-0.1, -0.05) is 0 Å². The van der Waals surface area contributed by atoms with Crippen LogP contribution in [0, 0.1) is 5.41 Å². The smallest absolute Gasteiger partial charge is 1.00 e. The minimum Gasteiger partial charge on any atom is 1.00 e. The van der Waals surface area contributed by atoms with Gasteiger partial charge in [0, 0.05) is 0 Å². The van der Waals surface area contributed by atoms with Crippen molar-refractivity contribution in [1.82, 2.24) is 0 Å². The van der Waals surface area contributed by atoms with Crippen molar-refractivity contribution < 1.29 is 11.0 Å². The SMILES string of the molecule is CCCCC(C)(C)C(=O)OCC[TeH].[H+]. The third kappa shape index (κ3) is 5.54. The largest absolute Gasteiger partial charge is 1.00 e. The van der Waals surface area contributed by atoms with Gasteiger partial charge in [-0.2, -0.15) is 0 Å². The zero-order valence-corrected chi connectivity index (χ0v) is 11.4. The minimum atomic E-state index is -0.295. The number of unbranched alkanes of at least 4 members (excludes halogenated alkanes) is 1. The summed E-state index contributed by atoms with van der Waals surface area (Å²) in [6.07, 6.45) is 3.15. The van der Waals surface area contributed by atoms with Crippen LogP contribution in [0.4, 0.5) is 0 Å². The van der Waals surface area contributed by atoms with Crippen LogP contribution in [0.1, 0.15) is 41.5 Å². The molecule has 0 spiro atoms. The molecule has 0 aliphatic heterocycles. The van der Waals surface area contributed by atoms with Crippen LogP contribution < -0.4 is 0 Å². The molecule has 0 saturated carbocycles. The fourth-order valence-electron chi connectivity index (χ4n) is 1.05. The van der Waals surface area contributed by atoms with Crippen molar-refractivity contribution in [2.75, 3.05) is 6.61 Å². The number of esters is 1. The third-order valence-electron chi connectivity index (χ3n) is 2.03. The molecule has 13 heavy (non-hydrogen) atoms. The summed E-state index contributed by atoms with van der Waals surface area (Å²) in [4.78, 5) is 11.5. The molecule has 0 unspecified atom stereocenters. The fraction of sp³-hybridized carbons (Fsp3) is 0.900. The van der Waals surface area contributed by atoms with Crippen molar-refractivity contribution >= 4 is 28.3 Å². The van der Waals surface area contributed by atoms with Crippen LogP contribution in [0.5, 0.6) is 0 Å². The van der Waals surface area contributed by atoms with Crippen LogP contribution in [0.2, 0.25) is 4.47 Å². The van der Waals surface area contributed by atoms with E-state index in [-0.39, 0.29) is 12.8 Å². The second-order valence-corrected chi connectivity index (χ2v) is 5.12. The van der Waals surface area contributed by atoms with E-state index in [2.05, 4.69) is 6.92 Å². The summed E-state index contributed by atoms with van der Waals surface area (Å²) in [5.74, 6) is -0.0450. The number of hydrogen-bond acceptors (Lipinski definition) is 2. The summed E-state index contributed by atoms with van der Waals surface area (Å²) in [5, 5.41) is 0. The maximum atomic E-state index is 11.5. The first-order valence-corrected chi connectivity index (χ1v) is 6.63. The Labute approximate surface area is 95.8 Å². The number of carbonyl (C=O) groups excluding carboxylic acids is 1. The van der Waals surface area contributed by atoms with Gasteiger partial charge in [-0.15, -0.1) is 0 Å². The van der Waals surface area contributed by atoms with E-state index in [1.807, 2.05) is 13.8 Å². The van der Waals surface area contributed by atoms with Gasteiger partial charge >= 0.3 is 95.7 Å². The Bertz CT molecular complexity index is 160. The van der Waals surface area contributed by atoms with Gasteiger partial charge in [0.15, 0.2) is 0 Å². The second-order valence-electron chi connectivity index (χ2n) is 3.85. The Morgan fingerprint density at radius 2 is 2.15 bits per heavy atom. The van der Waals surface area contributed by atoms with Gasteiger partial charge in [0.1, 0.15) is 0 Å². The molecule has 0 aromatic rings. The molecule has 0 bridgehead atoms. The third-order valence-corrected chi connectivity index (χ3v) is 2.55. The van der Waals surface area contributed by atoms with Gasteiger partial charge in [-0.3, -0.25) is 0 Å². The van der Waals surface area contributed by atoms with Crippen LogP contribution >= 0.6 is 0 Å². The van der Waals surface area contributed by atoms with Gasteiger partial charge in [-0.25, -0.2) is 0 Å². The van der Waals surface area contributed by atoms with Crippen LogP contribution in [0.25, 0.3) is 0 Å². The predicted molar refractivity (Wildman–Crippen MR) is 57.3 cm³/mol. The van der Waals surface area contributed by atoms with E-state index in [1.165, 1.54) is 0 Å². The minimum absolute atomic E-state index is 0. The number of ether oxygens (including phenoxy) is 1. The first-order chi connectivity index (χ1) is 6.04. The Morgan fingerprint density at radius 1 is 1.54 bits per heavy atom. The van der Waals surface area contributed by atoms with Crippen molar-refractivity contribution in [2.24, 2.45) is 5.41 Å². The first-order valence-electron chi connectivity index (χ1n) is 4.82. The van der Waals surface area contributed by atoms with E-state index in [9.17, 15) is 4.79 Å². The Balaban J connectivity index is 0. The van der Waals surface area contributed by atoms with E-state index < -0.39 is 0 Å². The van der Waals surface area contributed by atoms with Crippen molar-refractivity contribution in [3.63, 3.8) is 0 Å². The number of carbonyl (C=O) groups is 1. The van der Waals surface area contributed by atoms with Crippen molar-refractivity contribution in [1.29, 1.82) is 0 Å². The zero-order chi connectivity index (χ0) is 10.3. The van der Waals surface area contributed by atoms with Crippen LogP contribution in [0.3, 0.4) is 0 Å². The number of hydrogen-bond donors (Lipinski definition) is 0. The summed E-state index contributed by atoms with van der Waals surface area (Å²) in [7, 11) is 0. The van der Waals surface area contributed by atoms with Gasteiger partial charge in [0.05, 0.1) is 0 Å². The van der Waals surface area contributed by atoms with Crippen LogP contribution in [-0.4, -0.2) is 34.9 Å². The van der Waals surface area contributed by atoms with Crippen LogP contribution in [0.15, 0.2) is 0 Å². The fourth-order valence-corrected chi connectivity index (χ4v) is 1.32. The van der Waals surface area contributed by atoms with Gasteiger partial charge in [0.25, 0.3) is 0 Å². The molecule has 0 aromatic heterocycles. The molecule has 0 saturated heterocycles. The van der Waals surface area contributed by atoms with Gasteiger partial charge in [-0.05, 0) is 0 Å². The number of rotatable bonds is 6. The standard InChI is InChI=1S/C10H20O2Te/c1-4-5-6-10(2,3)9(11)12-7-8-13/h13H,4-8H2,1-3H3/p+1. The molecule has 0 atom stereocenters. The second kappa shape index (κ2) is 6.67. The summed E-state index contributed by atoms with van der Waals surface area (Å²) in [5.41, 5.74) is -0.295. The molecular formula is C10H21O2Te+. The molecule has 0 aliphatic carbocycles. The van der Waals surface area contributed by atoms with Gasteiger partial charge in [0.2, 0.25) is 0 Å². The molecule has 0 amide bonds. The molecule has 0 N–H and O–H groups in total. The average Bonchev–Trinajstić information content (AvgIpc) is 2.10. The molecule has 3 heteroatoms. The van der Waals surface area contributed by atoms with Crippen molar-refractivity contribution in [2.45, 2.75) is 44.5 Å². The Kier molecular flexibility index (Phi) is 6.81. The topological polar surface area (TPSA) is 26.3 Å². The van der Waals surface area contributed by atoms with E-state index in [1.54, 1.807) is 22.3 Å². The van der Waals surface area contributed by atoms with E-state index in [4.69, 9.17) is 4.74 Å². The molecule has 0 rings (SSSR count). The normalized spacial score (nSPS) is 11.4. The maximum Gasteiger partial charge on any atom is 1.00 e.